The van der Waals surface area contributed by atoms with Crippen molar-refractivity contribution in [1.82, 2.24) is 14.8 Å². The van der Waals surface area contributed by atoms with E-state index in [0.29, 0.717) is 21.8 Å². The Labute approximate surface area is 178 Å². The van der Waals surface area contributed by atoms with Crippen LogP contribution in [0, 0.1) is 0 Å². The van der Waals surface area contributed by atoms with Crippen LogP contribution in [0.4, 0.5) is 5.95 Å². The van der Waals surface area contributed by atoms with E-state index in [0.717, 1.165) is 22.4 Å². The van der Waals surface area contributed by atoms with Gasteiger partial charge in [0.05, 0.1) is 0 Å². The Morgan fingerprint density at radius 2 is 1.52 bits per heavy atom. The molecule has 0 saturated carbocycles. The van der Waals surface area contributed by atoms with Crippen LogP contribution in [0.1, 0.15) is 17.2 Å². The van der Waals surface area contributed by atoms with E-state index in [9.17, 15) is 0 Å². The van der Waals surface area contributed by atoms with Gasteiger partial charge in [0.25, 0.3) is 0 Å². The molecule has 5 rings (SSSR count). The van der Waals surface area contributed by atoms with Crippen molar-refractivity contribution in [3.63, 3.8) is 0 Å². The summed E-state index contributed by atoms with van der Waals surface area (Å²) < 4.78 is 1.87. The first-order valence-corrected chi connectivity index (χ1v) is 9.96. The molecule has 1 atom stereocenters. The molecule has 1 aromatic heterocycles. The topological polar surface area (TPSA) is 42.7 Å². The summed E-state index contributed by atoms with van der Waals surface area (Å²) in [5, 5.41) is 9.56. The molecule has 1 unspecified atom stereocenters. The predicted molar refractivity (Wildman–Crippen MR) is 118 cm³/mol. The lowest BCUT2D eigenvalue weighted by atomic mass is 10.0. The maximum Gasteiger partial charge on any atom is 0.227 e. The third-order valence-electron chi connectivity index (χ3n) is 4.88. The van der Waals surface area contributed by atoms with Crippen molar-refractivity contribution < 1.29 is 0 Å². The molecule has 0 aliphatic carbocycles. The maximum atomic E-state index is 6.53. The monoisotopic (exact) mass is 418 g/mol. The fourth-order valence-electron chi connectivity index (χ4n) is 3.44. The standard InChI is InChI=1S/C23H16Cl2N4/c24-17-12-10-16(11-13-17)22-27-23-26-20(15-6-2-1-3-7-15)14-21(29(23)28-22)18-8-4-5-9-19(18)25/h1-14,21H,(H,26,27,28). The van der Waals surface area contributed by atoms with E-state index in [1.807, 2.05) is 71.4 Å². The molecule has 0 spiro atoms. The Balaban J connectivity index is 1.65. The third kappa shape index (κ3) is 3.41. The molecule has 3 aromatic carbocycles. The molecule has 1 aliphatic heterocycles. The van der Waals surface area contributed by atoms with Crippen molar-refractivity contribution in [3.8, 4) is 11.4 Å². The quantitative estimate of drug-likeness (QED) is 0.423. The Hall–Kier alpha value is -3.08. The molecule has 0 amide bonds. The fraction of sp³-hybridized carbons (Fsp3) is 0.0435. The number of benzene rings is 3. The Morgan fingerprint density at radius 3 is 2.28 bits per heavy atom. The number of hydrogen-bond acceptors (Lipinski definition) is 3. The third-order valence-corrected chi connectivity index (χ3v) is 5.47. The van der Waals surface area contributed by atoms with Gasteiger partial charge in [-0.2, -0.15) is 4.98 Å². The van der Waals surface area contributed by atoms with Crippen LogP contribution in [0.3, 0.4) is 0 Å². The number of allylic oxidation sites excluding steroid dienone is 1. The summed E-state index contributed by atoms with van der Waals surface area (Å²) in [6.45, 7) is 0. The van der Waals surface area contributed by atoms with Crippen LogP contribution in [-0.2, 0) is 0 Å². The van der Waals surface area contributed by atoms with Crippen LogP contribution in [0.2, 0.25) is 10.0 Å². The molecular weight excluding hydrogens is 403 g/mol. The Bertz CT molecular complexity index is 1200. The summed E-state index contributed by atoms with van der Waals surface area (Å²) in [6, 6.07) is 25.3. The maximum absolute atomic E-state index is 6.53. The zero-order valence-corrected chi connectivity index (χ0v) is 16.8. The van der Waals surface area contributed by atoms with E-state index in [1.165, 1.54) is 0 Å². The van der Waals surface area contributed by atoms with Crippen LogP contribution >= 0.6 is 23.2 Å². The zero-order valence-electron chi connectivity index (χ0n) is 15.3. The summed E-state index contributed by atoms with van der Waals surface area (Å²) >= 11 is 12.6. The molecule has 1 N–H and O–H groups in total. The second-order valence-corrected chi connectivity index (χ2v) is 7.59. The first-order valence-electron chi connectivity index (χ1n) is 9.20. The van der Waals surface area contributed by atoms with Gasteiger partial charge in [0.2, 0.25) is 5.95 Å². The minimum absolute atomic E-state index is 0.177. The van der Waals surface area contributed by atoms with Gasteiger partial charge in [-0.25, -0.2) is 4.68 Å². The van der Waals surface area contributed by atoms with E-state index in [4.69, 9.17) is 33.3 Å². The van der Waals surface area contributed by atoms with Crippen LogP contribution in [-0.4, -0.2) is 14.8 Å². The highest BCUT2D eigenvalue weighted by Crippen LogP contribution is 2.36. The van der Waals surface area contributed by atoms with E-state index in [2.05, 4.69) is 23.5 Å². The number of rotatable bonds is 3. The van der Waals surface area contributed by atoms with Crippen LogP contribution in [0.5, 0.6) is 0 Å². The van der Waals surface area contributed by atoms with E-state index in [1.54, 1.807) is 0 Å². The molecule has 0 saturated heterocycles. The predicted octanol–water partition coefficient (Wildman–Crippen LogP) is 6.31. The van der Waals surface area contributed by atoms with Gasteiger partial charge in [-0.1, -0.05) is 71.7 Å². The molecule has 0 radical (unpaired) electrons. The second-order valence-electron chi connectivity index (χ2n) is 6.75. The van der Waals surface area contributed by atoms with Gasteiger partial charge in [0.1, 0.15) is 6.04 Å². The molecule has 4 aromatic rings. The van der Waals surface area contributed by atoms with E-state index in [-0.39, 0.29) is 6.04 Å². The summed E-state index contributed by atoms with van der Waals surface area (Å²) in [7, 11) is 0. The zero-order chi connectivity index (χ0) is 19.8. The van der Waals surface area contributed by atoms with Crippen molar-refractivity contribution in [2.75, 3.05) is 5.32 Å². The minimum atomic E-state index is -0.177. The lowest BCUT2D eigenvalue weighted by Gasteiger charge is -2.25. The van der Waals surface area contributed by atoms with Crippen molar-refractivity contribution in [3.05, 3.63) is 106 Å². The highest BCUT2D eigenvalue weighted by atomic mass is 35.5. The lowest BCUT2D eigenvalue weighted by Crippen LogP contribution is -2.20. The van der Waals surface area contributed by atoms with Gasteiger partial charge in [0, 0.05) is 21.3 Å². The van der Waals surface area contributed by atoms with Gasteiger partial charge in [-0.3, -0.25) is 0 Å². The summed E-state index contributed by atoms with van der Waals surface area (Å²) in [5.41, 5.74) is 3.92. The van der Waals surface area contributed by atoms with Gasteiger partial charge < -0.3 is 5.32 Å². The van der Waals surface area contributed by atoms with E-state index < -0.39 is 0 Å². The molecule has 1 aliphatic rings. The summed E-state index contributed by atoms with van der Waals surface area (Å²) in [6.07, 6.45) is 2.13. The molecule has 4 nitrogen and oxygen atoms in total. The van der Waals surface area contributed by atoms with Crippen LogP contribution in [0.25, 0.3) is 17.1 Å². The van der Waals surface area contributed by atoms with Crippen molar-refractivity contribution >= 4 is 34.8 Å². The fourth-order valence-corrected chi connectivity index (χ4v) is 3.81. The number of hydrogen-bond donors (Lipinski definition) is 1. The number of aromatic nitrogens is 3. The number of nitrogens with one attached hydrogen (secondary N) is 1. The largest absolute Gasteiger partial charge is 0.324 e. The molecular formula is C23H16Cl2N4. The highest BCUT2D eigenvalue weighted by molar-refractivity contribution is 6.31. The average molecular weight is 419 g/mol. The van der Waals surface area contributed by atoms with Gasteiger partial charge in [-0.15, -0.1) is 5.10 Å². The second kappa shape index (κ2) is 7.39. The highest BCUT2D eigenvalue weighted by Gasteiger charge is 2.26. The lowest BCUT2D eigenvalue weighted by molar-refractivity contribution is 0.613. The smallest absolute Gasteiger partial charge is 0.227 e. The van der Waals surface area contributed by atoms with Gasteiger partial charge >= 0.3 is 0 Å². The molecule has 142 valence electrons. The number of anilines is 1. The summed E-state index contributed by atoms with van der Waals surface area (Å²) in [4.78, 5) is 4.75. The number of nitrogens with zero attached hydrogens (tertiary/aromatic N) is 3. The summed E-state index contributed by atoms with van der Waals surface area (Å²) in [5.74, 6) is 1.30. The molecule has 0 fully saturated rings. The SMILES string of the molecule is Clc1ccc(-c2nc3n(n2)C(c2ccccc2Cl)C=C(c2ccccc2)N3)cc1. The molecule has 6 heteroatoms. The Kier molecular flexibility index (Phi) is 4.58. The van der Waals surface area contributed by atoms with Gasteiger partial charge in [0.15, 0.2) is 5.82 Å². The van der Waals surface area contributed by atoms with Crippen molar-refractivity contribution in [1.29, 1.82) is 0 Å². The normalized spacial score (nSPS) is 15.4. The molecule has 0 bridgehead atoms. The number of fused-ring (bicyclic) bond motifs is 1. The average Bonchev–Trinajstić information content (AvgIpc) is 3.19. The minimum Gasteiger partial charge on any atom is -0.324 e. The van der Waals surface area contributed by atoms with E-state index >= 15 is 0 Å². The van der Waals surface area contributed by atoms with Crippen molar-refractivity contribution in [2.45, 2.75) is 6.04 Å². The first kappa shape index (κ1) is 18.0. The first-order chi connectivity index (χ1) is 14.2. The van der Waals surface area contributed by atoms with Crippen LogP contribution < -0.4 is 5.32 Å². The number of halogens is 2. The van der Waals surface area contributed by atoms with Crippen molar-refractivity contribution in [2.24, 2.45) is 0 Å². The van der Waals surface area contributed by atoms with Gasteiger partial charge in [-0.05, 0) is 47.5 Å². The Morgan fingerprint density at radius 1 is 0.793 bits per heavy atom. The molecule has 29 heavy (non-hydrogen) atoms. The molecule has 2 heterocycles. The van der Waals surface area contributed by atoms with Crippen LogP contribution in [0.15, 0.2) is 84.9 Å².